The summed E-state index contributed by atoms with van der Waals surface area (Å²) in [6.07, 6.45) is 16.8. The van der Waals surface area contributed by atoms with E-state index < -0.39 is 0 Å². The normalized spacial score (nSPS) is 29.5. The topological polar surface area (TPSA) is 38.0 Å². The molecule has 19 heavy (non-hydrogen) atoms. The van der Waals surface area contributed by atoms with Crippen molar-refractivity contribution < 1.29 is 0 Å². The Labute approximate surface area is 119 Å². The van der Waals surface area contributed by atoms with Crippen molar-refractivity contribution in [3.8, 4) is 12.3 Å². The molecule has 0 aromatic rings. The molecule has 3 unspecified atom stereocenters. The van der Waals surface area contributed by atoms with Gasteiger partial charge in [-0.2, -0.15) is 0 Å². The van der Waals surface area contributed by atoms with Crippen LogP contribution in [0.1, 0.15) is 71.6 Å². The lowest BCUT2D eigenvalue weighted by Crippen LogP contribution is -2.54. The Morgan fingerprint density at radius 1 is 1.32 bits per heavy atom. The molecule has 0 bridgehead atoms. The molecule has 1 fully saturated rings. The standard InChI is InChI=1S/C17H32N2/c1-4-8-15-10-7-12-17(14-18,13-11-15)19-16(6-3)9-5-2/h3,15-16,19H,4-5,7-14,18H2,1-2H3. The van der Waals surface area contributed by atoms with E-state index in [4.69, 9.17) is 12.2 Å². The van der Waals surface area contributed by atoms with E-state index in [1.807, 2.05) is 0 Å². The molecule has 2 nitrogen and oxygen atoms in total. The smallest absolute Gasteiger partial charge is 0.0691 e. The van der Waals surface area contributed by atoms with Crippen molar-refractivity contribution in [1.29, 1.82) is 0 Å². The summed E-state index contributed by atoms with van der Waals surface area (Å²) >= 11 is 0. The molecule has 0 amide bonds. The molecule has 0 saturated heterocycles. The van der Waals surface area contributed by atoms with Crippen molar-refractivity contribution in [2.24, 2.45) is 11.7 Å². The van der Waals surface area contributed by atoms with Gasteiger partial charge < -0.3 is 5.73 Å². The van der Waals surface area contributed by atoms with Crippen LogP contribution in [0.4, 0.5) is 0 Å². The van der Waals surface area contributed by atoms with Gasteiger partial charge in [0, 0.05) is 12.1 Å². The maximum Gasteiger partial charge on any atom is 0.0691 e. The number of hydrogen-bond donors (Lipinski definition) is 2. The Balaban J connectivity index is 2.61. The third-order valence-electron chi connectivity index (χ3n) is 4.65. The van der Waals surface area contributed by atoms with Crippen molar-refractivity contribution in [1.82, 2.24) is 5.32 Å². The first kappa shape index (κ1) is 16.5. The van der Waals surface area contributed by atoms with E-state index in [0.29, 0.717) is 6.54 Å². The highest BCUT2D eigenvalue weighted by Gasteiger charge is 2.33. The van der Waals surface area contributed by atoms with Crippen LogP contribution in [0.3, 0.4) is 0 Å². The first-order valence-corrected chi connectivity index (χ1v) is 8.13. The average Bonchev–Trinajstić information content (AvgIpc) is 2.62. The molecule has 1 saturated carbocycles. The minimum atomic E-state index is 0.0920. The highest BCUT2D eigenvalue weighted by molar-refractivity contribution is 5.04. The fourth-order valence-electron chi connectivity index (χ4n) is 3.44. The van der Waals surface area contributed by atoms with Crippen LogP contribution in [0, 0.1) is 18.3 Å². The van der Waals surface area contributed by atoms with Gasteiger partial charge in [-0.05, 0) is 31.6 Å². The molecule has 0 radical (unpaired) electrons. The Morgan fingerprint density at radius 2 is 2.11 bits per heavy atom. The molecular formula is C17H32N2. The van der Waals surface area contributed by atoms with Crippen LogP contribution in [0.15, 0.2) is 0 Å². The zero-order valence-electron chi connectivity index (χ0n) is 12.9. The highest BCUT2D eigenvalue weighted by Crippen LogP contribution is 2.32. The number of hydrogen-bond acceptors (Lipinski definition) is 2. The average molecular weight is 264 g/mol. The van der Waals surface area contributed by atoms with Gasteiger partial charge in [-0.3, -0.25) is 5.32 Å². The summed E-state index contributed by atoms with van der Waals surface area (Å²) in [5.74, 6) is 3.80. The molecule has 0 heterocycles. The zero-order chi connectivity index (χ0) is 14.1. The SMILES string of the molecule is C#CC(CCC)NC1(CN)CCCC(CCC)CC1. The Morgan fingerprint density at radius 3 is 2.68 bits per heavy atom. The molecule has 2 heteroatoms. The van der Waals surface area contributed by atoms with E-state index in [2.05, 4.69) is 25.1 Å². The van der Waals surface area contributed by atoms with Crippen LogP contribution in [-0.4, -0.2) is 18.1 Å². The summed E-state index contributed by atoms with van der Waals surface area (Å²) < 4.78 is 0. The van der Waals surface area contributed by atoms with Gasteiger partial charge in [-0.25, -0.2) is 0 Å². The van der Waals surface area contributed by atoms with Gasteiger partial charge in [-0.15, -0.1) is 6.42 Å². The quantitative estimate of drug-likeness (QED) is 0.546. The van der Waals surface area contributed by atoms with Gasteiger partial charge in [0.1, 0.15) is 0 Å². The molecule has 1 aliphatic rings. The lowest BCUT2D eigenvalue weighted by molar-refractivity contribution is 0.267. The molecule has 110 valence electrons. The van der Waals surface area contributed by atoms with Crippen LogP contribution < -0.4 is 11.1 Å². The summed E-state index contributed by atoms with van der Waals surface area (Å²) in [6, 6.07) is 0.191. The zero-order valence-corrected chi connectivity index (χ0v) is 12.9. The van der Waals surface area contributed by atoms with Crippen LogP contribution >= 0.6 is 0 Å². The van der Waals surface area contributed by atoms with Crippen molar-refractivity contribution >= 4 is 0 Å². The van der Waals surface area contributed by atoms with E-state index in [-0.39, 0.29) is 11.6 Å². The summed E-state index contributed by atoms with van der Waals surface area (Å²) in [5, 5.41) is 3.71. The van der Waals surface area contributed by atoms with Gasteiger partial charge in [0.15, 0.2) is 0 Å². The monoisotopic (exact) mass is 264 g/mol. The molecule has 0 aliphatic heterocycles. The van der Waals surface area contributed by atoms with E-state index in [9.17, 15) is 0 Å². The van der Waals surface area contributed by atoms with Gasteiger partial charge in [0.2, 0.25) is 0 Å². The van der Waals surface area contributed by atoms with Gasteiger partial charge in [0.05, 0.1) is 6.04 Å². The van der Waals surface area contributed by atoms with Crippen LogP contribution in [0.5, 0.6) is 0 Å². The molecular weight excluding hydrogens is 232 g/mol. The Bertz CT molecular complexity index is 281. The molecule has 3 N–H and O–H groups in total. The second kappa shape index (κ2) is 8.61. The van der Waals surface area contributed by atoms with Crippen molar-refractivity contribution in [3.63, 3.8) is 0 Å². The summed E-state index contributed by atoms with van der Waals surface area (Å²) in [7, 11) is 0. The Hall–Kier alpha value is -0.520. The molecule has 0 spiro atoms. The van der Waals surface area contributed by atoms with Crippen LogP contribution in [0.25, 0.3) is 0 Å². The number of terminal acetylenes is 1. The summed E-state index contributed by atoms with van der Waals surface area (Å²) in [4.78, 5) is 0. The molecule has 0 aromatic carbocycles. The van der Waals surface area contributed by atoms with E-state index in [0.717, 1.165) is 18.8 Å². The second-order valence-corrected chi connectivity index (χ2v) is 6.22. The maximum absolute atomic E-state index is 6.10. The number of rotatable bonds is 7. The highest BCUT2D eigenvalue weighted by atomic mass is 15.0. The fraction of sp³-hybridized carbons (Fsp3) is 0.882. The van der Waals surface area contributed by atoms with Gasteiger partial charge in [-0.1, -0.05) is 51.9 Å². The fourth-order valence-corrected chi connectivity index (χ4v) is 3.44. The third-order valence-corrected chi connectivity index (χ3v) is 4.65. The van der Waals surface area contributed by atoms with Gasteiger partial charge in [0.25, 0.3) is 0 Å². The lowest BCUT2D eigenvalue weighted by Gasteiger charge is -2.35. The minimum absolute atomic E-state index is 0.0920. The van der Waals surface area contributed by atoms with E-state index in [1.54, 1.807) is 0 Å². The third kappa shape index (κ3) is 5.16. The predicted molar refractivity (Wildman–Crippen MR) is 83.9 cm³/mol. The van der Waals surface area contributed by atoms with Crippen molar-refractivity contribution in [2.75, 3.05) is 6.54 Å². The van der Waals surface area contributed by atoms with Crippen LogP contribution in [0.2, 0.25) is 0 Å². The summed E-state index contributed by atoms with van der Waals surface area (Å²) in [6.45, 7) is 5.19. The van der Waals surface area contributed by atoms with Gasteiger partial charge >= 0.3 is 0 Å². The number of nitrogens with one attached hydrogen (secondary N) is 1. The summed E-state index contributed by atoms with van der Waals surface area (Å²) in [5.41, 5.74) is 6.19. The first-order valence-electron chi connectivity index (χ1n) is 8.13. The van der Waals surface area contributed by atoms with E-state index in [1.165, 1.54) is 44.9 Å². The lowest BCUT2D eigenvalue weighted by atomic mass is 9.87. The molecule has 1 aliphatic carbocycles. The molecule has 0 aromatic heterocycles. The van der Waals surface area contributed by atoms with Crippen LogP contribution in [-0.2, 0) is 0 Å². The Kier molecular flexibility index (Phi) is 7.49. The van der Waals surface area contributed by atoms with Crippen molar-refractivity contribution in [3.05, 3.63) is 0 Å². The number of nitrogens with two attached hydrogens (primary N) is 1. The molecule has 1 rings (SSSR count). The minimum Gasteiger partial charge on any atom is -0.329 e. The largest absolute Gasteiger partial charge is 0.329 e. The second-order valence-electron chi connectivity index (χ2n) is 6.22. The van der Waals surface area contributed by atoms with Crippen molar-refractivity contribution in [2.45, 2.75) is 83.2 Å². The predicted octanol–water partition coefficient (Wildman–Crippen LogP) is 3.46. The first-order chi connectivity index (χ1) is 9.19. The van der Waals surface area contributed by atoms with E-state index >= 15 is 0 Å². The maximum atomic E-state index is 6.10. The molecule has 3 atom stereocenters.